The van der Waals surface area contributed by atoms with Gasteiger partial charge in [0.2, 0.25) is 0 Å². The Kier molecular flexibility index (Phi) is 3.87. The zero-order chi connectivity index (χ0) is 14.9. The Morgan fingerprint density at radius 1 is 1.50 bits per heavy atom. The van der Waals surface area contributed by atoms with Gasteiger partial charge in [-0.25, -0.2) is 0 Å². The second-order valence-corrected chi connectivity index (χ2v) is 5.62. The Bertz CT molecular complexity index is 516. The van der Waals surface area contributed by atoms with Gasteiger partial charge in [0.05, 0.1) is 17.3 Å². The topological polar surface area (TPSA) is 96.0 Å². The lowest BCUT2D eigenvalue weighted by Crippen LogP contribution is -2.56. The summed E-state index contributed by atoms with van der Waals surface area (Å²) in [6, 6.07) is 3.94. The molecule has 110 valence electrons. The molecule has 1 saturated heterocycles. The molecule has 0 bridgehead atoms. The largest absolute Gasteiger partial charge is 0.508 e. The van der Waals surface area contributed by atoms with Gasteiger partial charge < -0.3 is 25.6 Å². The molecule has 0 spiro atoms. The molecule has 1 atom stereocenters. The second-order valence-electron chi connectivity index (χ2n) is 5.62. The zero-order valence-electron chi connectivity index (χ0n) is 11.7. The SMILES string of the molecule is CC1(C)CN(C(=O)c2ccc(O)cc2O)CC(CN)O1. The molecule has 20 heavy (non-hydrogen) atoms. The highest BCUT2D eigenvalue weighted by Gasteiger charge is 2.35. The van der Waals surface area contributed by atoms with Crippen molar-refractivity contribution in [2.45, 2.75) is 25.6 Å². The standard InChI is InChI=1S/C14H20N2O4/c1-14(2)8-16(7-10(6-15)20-14)13(19)11-4-3-9(17)5-12(11)18/h3-5,10,17-18H,6-8,15H2,1-2H3. The number of benzene rings is 1. The Balaban J connectivity index is 2.23. The third-order valence-electron chi connectivity index (χ3n) is 3.24. The van der Waals surface area contributed by atoms with Crippen LogP contribution in [0.5, 0.6) is 11.5 Å². The van der Waals surface area contributed by atoms with Gasteiger partial charge >= 0.3 is 0 Å². The van der Waals surface area contributed by atoms with Crippen LogP contribution in [-0.2, 0) is 4.74 Å². The fraction of sp³-hybridized carbons (Fsp3) is 0.500. The van der Waals surface area contributed by atoms with Crippen molar-refractivity contribution in [3.05, 3.63) is 23.8 Å². The lowest BCUT2D eigenvalue weighted by Gasteiger charge is -2.42. The summed E-state index contributed by atoms with van der Waals surface area (Å²) in [5.74, 6) is -0.609. The molecule has 1 amide bonds. The van der Waals surface area contributed by atoms with Gasteiger partial charge in [0.25, 0.3) is 5.91 Å². The number of rotatable bonds is 2. The lowest BCUT2D eigenvalue weighted by molar-refractivity contribution is -0.122. The third-order valence-corrected chi connectivity index (χ3v) is 3.24. The van der Waals surface area contributed by atoms with Crippen molar-refractivity contribution in [1.82, 2.24) is 4.90 Å². The Morgan fingerprint density at radius 2 is 2.20 bits per heavy atom. The monoisotopic (exact) mass is 280 g/mol. The number of aromatic hydroxyl groups is 2. The summed E-state index contributed by atoms with van der Waals surface area (Å²) in [7, 11) is 0. The Morgan fingerprint density at radius 3 is 2.80 bits per heavy atom. The van der Waals surface area contributed by atoms with Crippen LogP contribution in [0.4, 0.5) is 0 Å². The van der Waals surface area contributed by atoms with Crippen molar-refractivity contribution in [3.63, 3.8) is 0 Å². The van der Waals surface area contributed by atoms with Crippen LogP contribution in [-0.4, -0.2) is 52.4 Å². The maximum absolute atomic E-state index is 12.5. The molecular formula is C14H20N2O4. The molecule has 0 saturated carbocycles. The van der Waals surface area contributed by atoms with E-state index >= 15 is 0 Å². The molecule has 1 heterocycles. The number of phenols is 2. The molecule has 2 rings (SSSR count). The number of hydrogen-bond acceptors (Lipinski definition) is 5. The van der Waals surface area contributed by atoms with Crippen LogP contribution in [0.25, 0.3) is 0 Å². The molecule has 1 aliphatic heterocycles. The molecule has 1 aliphatic rings. The van der Waals surface area contributed by atoms with Gasteiger partial charge in [0.15, 0.2) is 0 Å². The van der Waals surface area contributed by atoms with Gasteiger partial charge in [-0.1, -0.05) is 0 Å². The summed E-state index contributed by atoms with van der Waals surface area (Å²) in [5, 5.41) is 19.1. The number of hydrogen-bond donors (Lipinski definition) is 3. The van der Waals surface area contributed by atoms with Crippen molar-refractivity contribution < 1.29 is 19.7 Å². The molecule has 0 aromatic heterocycles. The van der Waals surface area contributed by atoms with E-state index in [1.54, 1.807) is 4.90 Å². The van der Waals surface area contributed by atoms with Crippen molar-refractivity contribution in [3.8, 4) is 11.5 Å². The quantitative estimate of drug-likeness (QED) is 0.740. The first-order chi connectivity index (χ1) is 9.32. The molecule has 0 radical (unpaired) electrons. The summed E-state index contributed by atoms with van der Waals surface area (Å²) in [5.41, 5.74) is 5.31. The average molecular weight is 280 g/mol. The Hall–Kier alpha value is -1.79. The highest BCUT2D eigenvalue weighted by atomic mass is 16.5. The molecule has 4 N–H and O–H groups in total. The Labute approximate surface area is 117 Å². The molecule has 6 heteroatoms. The molecule has 1 unspecified atom stereocenters. The number of ether oxygens (including phenoxy) is 1. The molecular weight excluding hydrogens is 260 g/mol. The highest BCUT2D eigenvalue weighted by Crippen LogP contribution is 2.27. The predicted molar refractivity (Wildman–Crippen MR) is 73.7 cm³/mol. The van der Waals surface area contributed by atoms with Crippen LogP contribution < -0.4 is 5.73 Å². The van der Waals surface area contributed by atoms with Crippen molar-refractivity contribution in [1.29, 1.82) is 0 Å². The van der Waals surface area contributed by atoms with Crippen LogP contribution in [0.15, 0.2) is 18.2 Å². The first-order valence-electron chi connectivity index (χ1n) is 6.51. The minimum Gasteiger partial charge on any atom is -0.508 e. The first kappa shape index (κ1) is 14.6. The van der Waals surface area contributed by atoms with Crippen molar-refractivity contribution >= 4 is 5.91 Å². The molecule has 1 fully saturated rings. The predicted octanol–water partition coefficient (Wildman–Crippen LogP) is 0.676. The number of nitrogens with zero attached hydrogens (tertiary/aromatic N) is 1. The van der Waals surface area contributed by atoms with Gasteiger partial charge in [-0.3, -0.25) is 4.79 Å². The molecule has 6 nitrogen and oxygen atoms in total. The van der Waals surface area contributed by atoms with E-state index in [2.05, 4.69) is 0 Å². The van der Waals surface area contributed by atoms with E-state index in [4.69, 9.17) is 10.5 Å². The van der Waals surface area contributed by atoms with E-state index in [1.807, 2.05) is 13.8 Å². The van der Waals surface area contributed by atoms with Gasteiger partial charge in [-0.05, 0) is 26.0 Å². The minimum absolute atomic E-state index is 0.0822. The van der Waals surface area contributed by atoms with E-state index in [0.717, 1.165) is 6.07 Å². The number of carbonyl (C=O) groups is 1. The van der Waals surface area contributed by atoms with Crippen LogP contribution in [0.3, 0.4) is 0 Å². The lowest BCUT2D eigenvalue weighted by atomic mass is 10.0. The highest BCUT2D eigenvalue weighted by molar-refractivity contribution is 5.97. The minimum atomic E-state index is -0.482. The number of phenolic OH excluding ortho intramolecular Hbond substituents is 2. The molecule has 1 aromatic carbocycles. The van der Waals surface area contributed by atoms with Crippen LogP contribution >= 0.6 is 0 Å². The average Bonchev–Trinajstić information content (AvgIpc) is 2.36. The maximum Gasteiger partial charge on any atom is 0.257 e. The first-order valence-corrected chi connectivity index (χ1v) is 6.51. The second kappa shape index (κ2) is 5.30. The van der Waals surface area contributed by atoms with Crippen LogP contribution in [0.1, 0.15) is 24.2 Å². The molecule has 0 aliphatic carbocycles. The van der Waals surface area contributed by atoms with Gasteiger partial charge in [0, 0.05) is 25.7 Å². The van der Waals surface area contributed by atoms with Crippen molar-refractivity contribution in [2.24, 2.45) is 5.73 Å². The van der Waals surface area contributed by atoms with Gasteiger partial charge in [-0.2, -0.15) is 0 Å². The summed E-state index contributed by atoms with van der Waals surface area (Å²) in [4.78, 5) is 14.1. The number of morpholine rings is 1. The fourth-order valence-electron chi connectivity index (χ4n) is 2.44. The summed E-state index contributed by atoms with van der Waals surface area (Å²) < 4.78 is 5.77. The normalized spacial score (nSPS) is 21.8. The van der Waals surface area contributed by atoms with E-state index in [1.165, 1.54) is 12.1 Å². The number of nitrogens with two attached hydrogens (primary N) is 1. The van der Waals surface area contributed by atoms with Crippen molar-refractivity contribution in [2.75, 3.05) is 19.6 Å². The maximum atomic E-state index is 12.5. The summed E-state index contributed by atoms with van der Waals surface area (Å²) in [6.07, 6.45) is -0.220. The van der Waals surface area contributed by atoms with E-state index in [-0.39, 0.29) is 29.1 Å². The van der Waals surface area contributed by atoms with E-state index < -0.39 is 5.60 Å². The number of carbonyl (C=O) groups excluding carboxylic acids is 1. The zero-order valence-corrected chi connectivity index (χ0v) is 11.7. The molecule has 1 aromatic rings. The smallest absolute Gasteiger partial charge is 0.257 e. The van der Waals surface area contributed by atoms with E-state index in [9.17, 15) is 15.0 Å². The third kappa shape index (κ3) is 3.02. The fourth-order valence-corrected chi connectivity index (χ4v) is 2.44. The summed E-state index contributed by atoms with van der Waals surface area (Å²) >= 11 is 0. The van der Waals surface area contributed by atoms with Crippen LogP contribution in [0, 0.1) is 0 Å². The van der Waals surface area contributed by atoms with E-state index in [0.29, 0.717) is 19.6 Å². The summed E-state index contributed by atoms with van der Waals surface area (Å²) in [6.45, 7) is 4.92. The van der Waals surface area contributed by atoms with Crippen LogP contribution in [0.2, 0.25) is 0 Å². The van der Waals surface area contributed by atoms with Gasteiger partial charge in [-0.15, -0.1) is 0 Å². The van der Waals surface area contributed by atoms with Gasteiger partial charge in [0.1, 0.15) is 11.5 Å². The number of amides is 1.